The van der Waals surface area contributed by atoms with Crippen LogP contribution in [0.3, 0.4) is 0 Å². The summed E-state index contributed by atoms with van der Waals surface area (Å²) in [5.41, 5.74) is 10.7. The van der Waals surface area contributed by atoms with Crippen LogP contribution in [0.4, 0.5) is 22.7 Å². The van der Waals surface area contributed by atoms with E-state index in [1.54, 1.807) is 0 Å². The molecule has 0 bridgehead atoms. The van der Waals surface area contributed by atoms with Crippen LogP contribution in [0.2, 0.25) is 0 Å². The lowest BCUT2D eigenvalue weighted by atomic mass is 9.96. The van der Waals surface area contributed by atoms with Crippen molar-refractivity contribution in [2.75, 3.05) is 10.2 Å². The van der Waals surface area contributed by atoms with Crippen LogP contribution < -0.4 is 10.2 Å². The molecule has 0 amide bonds. The van der Waals surface area contributed by atoms with E-state index in [9.17, 15) is 0 Å². The van der Waals surface area contributed by atoms with Crippen molar-refractivity contribution in [3.05, 3.63) is 188 Å². The summed E-state index contributed by atoms with van der Waals surface area (Å²) < 4.78 is 2.57. The normalized spacial score (nSPS) is 13.8. The fraction of sp³-hybridized carbons (Fsp3) is 0.0213. The maximum Gasteiger partial charge on any atom is 0.103 e. The molecule has 0 saturated carbocycles. The fourth-order valence-corrected chi connectivity index (χ4v) is 9.86. The number of thiophene rings is 1. The van der Waals surface area contributed by atoms with Crippen LogP contribution in [-0.4, -0.2) is 0 Å². The van der Waals surface area contributed by atoms with Crippen molar-refractivity contribution >= 4 is 76.8 Å². The zero-order chi connectivity index (χ0) is 33.7. The van der Waals surface area contributed by atoms with Gasteiger partial charge in [0.25, 0.3) is 0 Å². The summed E-state index contributed by atoms with van der Waals surface area (Å²) in [6, 6.07) is 66.1. The molecule has 0 saturated heterocycles. The zero-order valence-electron chi connectivity index (χ0n) is 27.7. The van der Waals surface area contributed by atoms with Gasteiger partial charge in [-0.2, -0.15) is 0 Å². The van der Waals surface area contributed by atoms with Gasteiger partial charge in [-0.25, -0.2) is 0 Å². The molecule has 1 atom stereocenters. The lowest BCUT2D eigenvalue weighted by molar-refractivity contribution is 1.13. The van der Waals surface area contributed by atoms with Crippen molar-refractivity contribution in [3.8, 4) is 22.3 Å². The Kier molecular flexibility index (Phi) is 7.37. The van der Waals surface area contributed by atoms with Crippen LogP contribution in [0.1, 0.15) is 10.9 Å². The highest BCUT2D eigenvalue weighted by atomic mass is 32.2. The Morgan fingerprint density at radius 2 is 1.12 bits per heavy atom. The Bertz CT molecular complexity index is 2690. The van der Waals surface area contributed by atoms with Gasteiger partial charge < -0.3 is 10.2 Å². The number of rotatable bonds is 6. The molecular weight excluding hydrogens is 657 g/mol. The topological polar surface area (TPSA) is 15.3 Å². The largest absolute Gasteiger partial charge is 0.367 e. The average molecular weight is 689 g/mol. The molecule has 0 aliphatic carbocycles. The van der Waals surface area contributed by atoms with Crippen LogP contribution in [0.25, 0.3) is 53.2 Å². The molecule has 1 unspecified atom stereocenters. The van der Waals surface area contributed by atoms with E-state index in [2.05, 4.69) is 192 Å². The van der Waals surface area contributed by atoms with Crippen molar-refractivity contribution in [1.29, 1.82) is 0 Å². The maximum absolute atomic E-state index is 4.02. The van der Waals surface area contributed by atoms with Crippen LogP contribution >= 0.6 is 23.1 Å². The number of benzene rings is 8. The van der Waals surface area contributed by atoms with Crippen molar-refractivity contribution < 1.29 is 0 Å². The highest BCUT2D eigenvalue weighted by molar-refractivity contribution is 8.00. The van der Waals surface area contributed by atoms with E-state index in [4.69, 9.17) is 0 Å². The Hall–Kier alpha value is -5.81. The lowest BCUT2D eigenvalue weighted by Gasteiger charge is -2.29. The summed E-state index contributed by atoms with van der Waals surface area (Å²) in [4.78, 5) is 3.77. The second kappa shape index (κ2) is 12.5. The number of anilines is 4. The van der Waals surface area contributed by atoms with Crippen molar-refractivity contribution in [2.24, 2.45) is 0 Å². The van der Waals surface area contributed by atoms with Gasteiger partial charge in [0.2, 0.25) is 0 Å². The monoisotopic (exact) mass is 688 g/mol. The SMILES string of the molecule is c1ccc(-c2ccc(N(c3cc(-c4ccccc4)c4ccccc4c3)c3c4c(cc5c3sc3ccccc35)SC(c3ccccc3)N4)cc2)cc1. The third kappa shape index (κ3) is 5.27. The molecule has 1 aromatic heterocycles. The zero-order valence-corrected chi connectivity index (χ0v) is 29.3. The number of nitrogens with zero attached hydrogens (tertiary/aromatic N) is 1. The predicted molar refractivity (Wildman–Crippen MR) is 221 cm³/mol. The minimum absolute atomic E-state index is 0.113. The van der Waals surface area contributed by atoms with E-state index in [-0.39, 0.29) is 5.37 Å². The van der Waals surface area contributed by atoms with Gasteiger partial charge in [-0.15, -0.1) is 11.3 Å². The first-order valence-corrected chi connectivity index (χ1v) is 19.0. The van der Waals surface area contributed by atoms with Gasteiger partial charge in [-0.05, 0) is 75.0 Å². The summed E-state index contributed by atoms with van der Waals surface area (Å²) in [6.07, 6.45) is 0. The molecular formula is C47H32N2S2. The summed E-state index contributed by atoms with van der Waals surface area (Å²) in [5.74, 6) is 0. The molecule has 1 N–H and O–H groups in total. The first-order valence-electron chi connectivity index (χ1n) is 17.3. The van der Waals surface area contributed by atoms with Gasteiger partial charge >= 0.3 is 0 Å². The van der Waals surface area contributed by atoms with Gasteiger partial charge in [-0.3, -0.25) is 0 Å². The standard InChI is InChI=1S/C47H32N2S2/c1-4-14-31(15-5-1)32-24-26-36(27-25-32)49(37-28-35-20-10-11-21-38(35)40(29-37)33-16-6-2-7-17-33)45-44-43(51-47(48-44)34-18-8-3-9-19-34)30-41-39-22-12-13-23-42(39)50-46(41)45/h1-30,47-48H. The van der Waals surface area contributed by atoms with E-state index in [0.29, 0.717) is 0 Å². The number of hydrogen-bond donors (Lipinski definition) is 1. The number of thioether (sulfide) groups is 1. The Morgan fingerprint density at radius 1 is 0.490 bits per heavy atom. The van der Waals surface area contributed by atoms with E-state index in [1.807, 2.05) is 23.1 Å². The molecule has 242 valence electrons. The molecule has 51 heavy (non-hydrogen) atoms. The molecule has 2 nitrogen and oxygen atoms in total. The van der Waals surface area contributed by atoms with E-state index >= 15 is 0 Å². The highest BCUT2D eigenvalue weighted by Crippen LogP contribution is 2.58. The van der Waals surface area contributed by atoms with Gasteiger partial charge in [0, 0.05) is 31.7 Å². The van der Waals surface area contributed by atoms with Crippen molar-refractivity contribution in [2.45, 2.75) is 10.3 Å². The van der Waals surface area contributed by atoms with Crippen LogP contribution in [0.15, 0.2) is 187 Å². The highest BCUT2D eigenvalue weighted by Gasteiger charge is 2.32. The van der Waals surface area contributed by atoms with Crippen molar-refractivity contribution in [3.63, 3.8) is 0 Å². The Balaban J connectivity index is 1.27. The number of nitrogens with one attached hydrogen (secondary N) is 1. The summed E-state index contributed by atoms with van der Waals surface area (Å²) >= 11 is 3.79. The maximum atomic E-state index is 4.02. The molecule has 0 spiro atoms. The third-order valence-corrected chi connectivity index (χ3v) is 12.3. The molecule has 0 fully saturated rings. The van der Waals surface area contributed by atoms with Gasteiger partial charge in [-0.1, -0.05) is 157 Å². The summed E-state index contributed by atoms with van der Waals surface area (Å²) in [6.45, 7) is 0. The van der Waals surface area contributed by atoms with E-state index in [0.717, 1.165) is 11.4 Å². The van der Waals surface area contributed by atoms with Gasteiger partial charge in [0.1, 0.15) is 5.37 Å². The molecule has 8 aromatic carbocycles. The quantitative estimate of drug-likeness (QED) is 0.187. The molecule has 2 heterocycles. The second-order valence-electron chi connectivity index (χ2n) is 13.0. The molecule has 9 aromatic rings. The van der Waals surface area contributed by atoms with Gasteiger partial charge in [0.05, 0.1) is 16.1 Å². The average Bonchev–Trinajstić information content (AvgIpc) is 3.80. The van der Waals surface area contributed by atoms with Crippen molar-refractivity contribution in [1.82, 2.24) is 0 Å². The number of hydrogen-bond acceptors (Lipinski definition) is 4. The summed E-state index contributed by atoms with van der Waals surface area (Å²) in [5, 5.41) is 9.19. The molecule has 10 rings (SSSR count). The first kappa shape index (κ1) is 30.1. The fourth-order valence-electron chi connectivity index (χ4n) is 7.45. The Morgan fingerprint density at radius 3 is 1.88 bits per heavy atom. The van der Waals surface area contributed by atoms with E-state index in [1.165, 1.54) is 75.0 Å². The molecule has 4 heteroatoms. The number of fused-ring (bicyclic) bond motifs is 5. The molecule has 0 radical (unpaired) electrons. The minimum atomic E-state index is 0.113. The summed E-state index contributed by atoms with van der Waals surface area (Å²) in [7, 11) is 0. The second-order valence-corrected chi connectivity index (χ2v) is 15.2. The lowest BCUT2D eigenvalue weighted by Crippen LogP contribution is -2.13. The predicted octanol–water partition coefficient (Wildman–Crippen LogP) is 14.2. The van der Waals surface area contributed by atoms with Crippen LogP contribution in [0, 0.1) is 0 Å². The smallest absolute Gasteiger partial charge is 0.103 e. The Labute approximate surface area is 305 Å². The van der Waals surface area contributed by atoms with Gasteiger partial charge in [0.15, 0.2) is 0 Å². The first-order chi connectivity index (χ1) is 25.3. The van der Waals surface area contributed by atoms with Crippen LogP contribution in [-0.2, 0) is 0 Å². The van der Waals surface area contributed by atoms with E-state index < -0.39 is 0 Å². The third-order valence-electron chi connectivity index (χ3n) is 9.88. The van der Waals surface area contributed by atoms with Crippen LogP contribution in [0.5, 0.6) is 0 Å². The molecule has 1 aliphatic rings. The molecule has 1 aliphatic heterocycles. The minimum Gasteiger partial charge on any atom is -0.367 e.